The maximum Gasteiger partial charge on any atom is 0.331 e. The standard InChI is InChI=1S/C16H16N2O4/c19-14(17-16(15(20)21)6-9-22-11-16)12-4-3-5-13(10-12)18-7-1-2-8-18/h1-5,7-8,10H,6,9,11H2,(H,17,19)(H,20,21). The van der Waals surface area contributed by atoms with E-state index in [-0.39, 0.29) is 13.0 Å². The van der Waals surface area contributed by atoms with Crippen LogP contribution in [0.1, 0.15) is 16.8 Å². The van der Waals surface area contributed by atoms with Gasteiger partial charge in [0, 0.05) is 36.7 Å². The molecule has 0 aliphatic carbocycles. The van der Waals surface area contributed by atoms with E-state index < -0.39 is 17.4 Å². The van der Waals surface area contributed by atoms with Crippen LogP contribution in [-0.4, -0.2) is 40.3 Å². The predicted molar refractivity (Wildman–Crippen MR) is 79.0 cm³/mol. The lowest BCUT2D eigenvalue weighted by Gasteiger charge is -2.23. The molecule has 1 atom stereocenters. The van der Waals surface area contributed by atoms with Gasteiger partial charge in [0.25, 0.3) is 5.91 Å². The third-order valence-corrected chi connectivity index (χ3v) is 3.79. The summed E-state index contributed by atoms with van der Waals surface area (Å²) in [6.45, 7) is 0.321. The van der Waals surface area contributed by atoms with Gasteiger partial charge in [0.05, 0.1) is 6.61 Å². The van der Waals surface area contributed by atoms with Crippen LogP contribution in [0.2, 0.25) is 0 Å². The average molecular weight is 300 g/mol. The number of carboxylic acids is 1. The molecule has 1 aromatic heterocycles. The number of ether oxygens (including phenoxy) is 1. The Morgan fingerprint density at radius 2 is 2.00 bits per heavy atom. The Morgan fingerprint density at radius 3 is 2.64 bits per heavy atom. The zero-order valence-corrected chi connectivity index (χ0v) is 11.9. The van der Waals surface area contributed by atoms with Crippen molar-refractivity contribution < 1.29 is 19.4 Å². The number of aliphatic carboxylic acids is 1. The highest BCUT2D eigenvalue weighted by molar-refractivity contribution is 5.98. The van der Waals surface area contributed by atoms with Gasteiger partial charge in [0.15, 0.2) is 5.54 Å². The minimum Gasteiger partial charge on any atom is -0.479 e. The molecule has 1 fully saturated rings. The molecule has 0 spiro atoms. The summed E-state index contributed by atoms with van der Waals surface area (Å²) < 4.78 is 7.02. The van der Waals surface area contributed by atoms with Crippen LogP contribution in [0.15, 0.2) is 48.8 Å². The van der Waals surface area contributed by atoms with Crippen molar-refractivity contribution in [3.8, 4) is 5.69 Å². The van der Waals surface area contributed by atoms with Gasteiger partial charge in [-0.25, -0.2) is 4.79 Å². The summed E-state index contributed by atoms with van der Waals surface area (Å²) in [7, 11) is 0. The van der Waals surface area contributed by atoms with Crippen LogP contribution in [0.5, 0.6) is 0 Å². The van der Waals surface area contributed by atoms with Crippen molar-refractivity contribution in [3.05, 3.63) is 54.4 Å². The fourth-order valence-electron chi connectivity index (χ4n) is 2.49. The van der Waals surface area contributed by atoms with Gasteiger partial charge in [-0.1, -0.05) is 6.07 Å². The van der Waals surface area contributed by atoms with Gasteiger partial charge in [-0.2, -0.15) is 0 Å². The first-order chi connectivity index (χ1) is 10.6. The van der Waals surface area contributed by atoms with Crippen molar-refractivity contribution in [2.24, 2.45) is 0 Å². The summed E-state index contributed by atoms with van der Waals surface area (Å²) in [6.07, 6.45) is 4.02. The van der Waals surface area contributed by atoms with E-state index in [1.54, 1.807) is 18.2 Å². The number of nitrogens with one attached hydrogen (secondary N) is 1. The van der Waals surface area contributed by atoms with Crippen molar-refractivity contribution in [2.45, 2.75) is 12.0 Å². The molecule has 114 valence electrons. The van der Waals surface area contributed by atoms with Crippen LogP contribution in [-0.2, 0) is 9.53 Å². The molecule has 2 heterocycles. The molecule has 22 heavy (non-hydrogen) atoms. The Hall–Kier alpha value is -2.60. The zero-order valence-electron chi connectivity index (χ0n) is 11.9. The molecular formula is C16H16N2O4. The molecule has 2 N–H and O–H groups in total. The molecule has 1 saturated heterocycles. The van der Waals surface area contributed by atoms with Gasteiger partial charge in [0.1, 0.15) is 0 Å². The molecule has 0 radical (unpaired) electrons. The van der Waals surface area contributed by atoms with Crippen molar-refractivity contribution >= 4 is 11.9 Å². The number of amides is 1. The van der Waals surface area contributed by atoms with E-state index in [2.05, 4.69) is 5.32 Å². The van der Waals surface area contributed by atoms with Crippen molar-refractivity contribution in [1.82, 2.24) is 9.88 Å². The summed E-state index contributed by atoms with van der Waals surface area (Å²) in [4.78, 5) is 23.8. The lowest BCUT2D eigenvalue weighted by Crippen LogP contribution is -2.55. The topological polar surface area (TPSA) is 80.6 Å². The molecule has 6 heteroatoms. The highest BCUT2D eigenvalue weighted by Gasteiger charge is 2.44. The number of rotatable bonds is 4. The van der Waals surface area contributed by atoms with Gasteiger partial charge in [0.2, 0.25) is 0 Å². The van der Waals surface area contributed by atoms with E-state index >= 15 is 0 Å². The van der Waals surface area contributed by atoms with E-state index in [4.69, 9.17) is 4.74 Å². The minimum absolute atomic E-state index is 0.00857. The van der Waals surface area contributed by atoms with Crippen molar-refractivity contribution in [1.29, 1.82) is 0 Å². The van der Waals surface area contributed by atoms with Crippen molar-refractivity contribution in [2.75, 3.05) is 13.2 Å². The summed E-state index contributed by atoms with van der Waals surface area (Å²) in [6, 6.07) is 10.8. The molecule has 1 aliphatic rings. The summed E-state index contributed by atoms with van der Waals surface area (Å²) in [5.41, 5.74) is -0.0796. The van der Waals surface area contributed by atoms with E-state index in [9.17, 15) is 14.7 Å². The summed E-state index contributed by atoms with van der Waals surface area (Å²) in [5.74, 6) is -1.48. The van der Waals surface area contributed by atoms with Crippen molar-refractivity contribution in [3.63, 3.8) is 0 Å². The molecule has 1 aromatic carbocycles. The minimum atomic E-state index is -1.33. The third kappa shape index (κ3) is 2.60. The first-order valence-corrected chi connectivity index (χ1v) is 6.98. The Balaban J connectivity index is 1.83. The Labute approximate surface area is 127 Å². The predicted octanol–water partition coefficient (Wildman–Crippen LogP) is 1.45. The highest BCUT2D eigenvalue weighted by Crippen LogP contribution is 2.20. The molecule has 1 aliphatic heterocycles. The number of carbonyl (C=O) groups is 2. The molecule has 6 nitrogen and oxygen atoms in total. The Morgan fingerprint density at radius 1 is 1.23 bits per heavy atom. The van der Waals surface area contributed by atoms with Gasteiger partial charge >= 0.3 is 5.97 Å². The SMILES string of the molecule is O=C(NC1(C(=O)O)CCOC1)c1cccc(-n2cccc2)c1. The largest absolute Gasteiger partial charge is 0.479 e. The van der Waals surface area contributed by atoms with Gasteiger partial charge < -0.3 is 19.7 Å². The second-order valence-electron chi connectivity index (χ2n) is 5.28. The second-order valence-corrected chi connectivity index (χ2v) is 5.28. The second kappa shape index (κ2) is 5.65. The number of carboxylic acid groups (broad SMARTS) is 1. The lowest BCUT2D eigenvalue weighted by atomic mass is 9.98. The smallest absolute Gasteiger partial charge is 0.331 e. The summed E-state index contributed by atoms with van der Waals surface area (Å²) in [5, 5.41) is 12.0. The number of hydrogen-bond donors (Lipinski definition) is 2. The molecular weight excluding hydrogens is 284 g/mol. The van der Waals surface area contributed by atoms with Gasteiger partial charge in [-0.05, 0) is 30.3 Å². The van der Waals surface area contributed by atoms with E-state index in [0.29, 0.717) is 12.2 Å². The molecule has 3 rings (SSSR count). The van der Waals surface area contributed by atoms with Crippen LogP contribution in [0.4, 0.5) is 0 Å². The number of hydrogen-bond acceptors (Lipinski definition) is 3. The van der Waals surface area contributed by atoms with Crippen LogP contribution < -0.4 is 5.32 Å². The Bertz CT molecular complexity index is 688. The first kappa shape index (κ1) is 14.3. The normalized spacial score (nSPS) is 20.7. The number of benzene rings is 1. The van der Waals surface area contributed by atoms with Crippen LogP contribution in [0.3, 0.4) is 0 Å². The zero-order chi connectivity index (χ0) is 15.6. The Kier molecular flexibility index (Phi) is 3.68. The highest BCUT2D eigenvalue weighted by atomic mass is 16.5. The van der Waals surface area contributed by atoms with Crippen LogP contribution in [0.25, 0.3) is 5.69 Å². The van der Waals surface area contributed by atoms with Gasteiger partial charge in [-0.3, -0.25) is 4.79 Å². The van der Waals surface area contributed by atoms with Crippen LogP contribution >= 0.6 is 0 Å². The third-order valence-electron chi connectivity index (χ3n) is 3.79. The quantitative estimate of drug-likeness (QED) is 0.895. The van der Waals surface area contributed by atoms with E-state index in [1.807, 2.05) is 35.2 Å². The molecule has 0 bridgehead atoms. The average Bonchev–Trinajstić information content (AvgIpc) is 3.19. The number of nitrogens with zero attached hydrogens (tertiary/aromatic N) is 1. The molecule has 0 saturated carbocycles. The van der Waals surface area contributed by atoms with Crippen LogP contribution in [0, 0.1) is 0 Å². The number of carbonyl (C=O) groups excluding carboxylic acids is 1. The molecule has 1 unspecified atom stereocenters. The van der Waals surface area contributed by atoms with Gasteiger partial charge in [-0.15, -0.1) is 0 Å². The van der Waals surface area contributed by atoms with E-state index in [1.165, 1.54) is 0 Å². The first-order valence-electron chi connectivity index (χ1n) is 6.98. The fraction of sp³-hybridized carbons (Fsp3) is 0.250. The molecule has 2 aromatic rings. The lowest BCUT2D eigenvalue weighted by molar-refractivity contribution is -0.144. The maximum atomic E-state index is 12.4. The van der Waals surface area contributed by atoms with E-state index in [0.717, 1.165) is 5.69 Å². The fourth-order valence-corrected chi connectivity index (χ4v) is 2.49. The molecule has 1 amide bonds. The summed E-state index contributed by atoms with van der Waals surface area (Å²) >= 11 is 0. The maximum absolute atomic E-state index is 12.4. The number of aromatic nitrogens is 1. The monoisotopic (exact) mass is 300 g/mol.